The molecule has 4 nitrogen and oxygen atoms in total. The standard InChI is InChI=1S/C16H17NO3/c1-18-17-15-9-10-19-16-8-7-13(11-14(15)16)20-12-5-3-2-4-6-12/h2-8,11,15,17H,9-10H2,1H3. The first-order chi connectivity index (χ1) is 9.86. The molecule has 1 atom stereocenters. The van der Waals surface area contributed by atoms with Gasteiger partial charge in [-0.1, -0.05) is 18.2 Å². The Morgan fingerprint density at radius 2 is 1.95 bits per heavy atom. The second-order valence-corrected chi connectivity index (χ2v) is 4.63. The molecule has 1 N–H and O–H groups in total. The average molecular weight is 271 g/mol. The third-order valence-corrected chi connectivity index (χ3v) is 3.26. The molecule has 0 spiro atoms. The van der Waals surface area contributed by atoms with Gasteiger partial charge < -0.3 is 14.3 Å². The Balaban J connectivity index is 1.85. The SMILES string of the molecule is CONC1CCOc2ccc(Oc3ccccc3)cc21. The number of para-hydroxylation sites is 1. The smallest absolute Gasteiger partial charge is 0.128 e. The van der Waals surface area contributed by atoms with Crippen molar-refractivity contribution >= 4 is 0 Å². The number of hydrogen-bond acceptors (Lipinski definition) is 4. The molecule has 0 aromatic heterocycles. The molecule has 0 fully saturated rings. The van der Waals surface area contributed by atoms with Crippen LogP contribution in [0.5, 0.6) is 17.2 Å². The molecule has 104 valence electrons. The minimum atomic E-state index is 0.128. The summed E-state index contributed by atoms with van der Waals surface area (Å²) in [5.41, 5.74) is 4.06. The topological polar surface area (TPSA) is 39.7 Å². The fraction of sp³-hybridized carbons (Fsp3) is 0.250. The molecule has 0 amide bonds. The lowest BCUT2D eigenvalue weighted by Gasteiger charge is -2.26. The van der Waals surface area contributed by atoms with E-state index in [9.17, 15) is 0 Å². The summed E-state index contributed by atoms with van der Waals surface area (Å²) in [5, 5.41) is 0. The second-order valence-electron chi connectivity index (χ2n) is 4.63. The normalized spacial score (nSPS) is 17.1. The lowest BCUT2D eigenvalue weighted by Crippen LogP contribution is -2.26. The first-order valence-corrected chi connectivity index (χ1v) is 6.65. The van der Waals surface area contributed by atoms with E-state index in [-0.39, 0.29) is 6.04 Å². The highest BCUT2D eigenvalue weighted by atomic mass is 16.6. The molecule has 1 aliphatic rings. The van der Waals surface area contributed by atoms with Crippen LogP contribution in [0.2, 0.25) is 0 Å². The van der Waals surface area contributed by atoms with Crippen molar-refractivity contribution in [1.29, 1.82) is 0 Å². The van der Waals surface area contributed by atoms with Gasteiger partial charge in [-0.2, -0.15) is 5.48 Å². The zero-order valence-electron chi connectivity index (χ0n) is 11.3. The van der Waals surface area contributed by atoms with Crippen LogP contribution in [0.25, 0.3) is 0 Å². The van der Waals surface area contributed by atoms with Crippen molar-refractivity contribution in [2.75, 3.05) is 13.7 Å². The predicted molar refractivity (Wildman–Crippen MR) is 76.0 cm³/mol. The van der Waals surface area contributed by atoms with E-state index in [1.807, 2.05) is 48.5 Å². The average Bonchev–Trinajstić information content (AvgIpc) is 2.49. The van der Waals surface area contributed by atoms with E-state index in [0.717, 1.165) is 29.2 Å². The van der Waals surface area contributed by atoms with Crippen LogP contribution < -0.4 is 15.0 Å². The summed E-state index contributed by atoms with van der Waals surface area (Å²) in [5.74, 6) is 2.50. The number of rotatable bonds is 4. The molecular weight excluding hydrogens is 254 g/mol. The Morgan fingerprint density at radius 1 is 1.10 bits per heavy atom. The molecule has 4 heteroatoms. The lowest BCUT2D eigenvalue weighted by atomic mass is 10.0. The van der Waals surface area contributed by atoms with Crippen LogP contribution in [-0.4, -0.2) is 13.7 Å². The Labute approximate surface area is 118 Å². The minimum Gasteiger partial charge on any atom is -0.493 e. The van der Waals surface area contributed by atoms with Crippen molar-refractivity contribution in [1.82, 2.24) is 5.48 Å². The molecule has 3 rings (SSSR count). The van der Waals surface area contributed by atoms with Gasteiger partial charge in [0.15, 0.2) is 0 Å². The van der Waals surface area contributed by atoms with Crippen LogP contribution in [0, 0.1) is 0 Å². The number of nitrogens with one attached hydrogen (secondary N) is 1. The van der Waals surface area contributed by atoms with Crippen molar-refractivity contribution in [3.8, 4) is 17.2 Å². The van der Waals surface area contributed by atoms with Crippen LogP contribution in [0.15, 0.2) is 48.5 Å². The molecule has 1 heterocycles. The Morgan fingerprint density at radius 3 is 2.75 bits per heavy atom. The largest absolute Gasteiger partial charge is 0.493 e. The van der Waals surface area contributed by atoms with Gasteiger partial charge in [0.2, 0.25) is 0 Å². The molecular formula is C16H17NO3. The van der Waals surface area contributed by atoms with E-state index in [0.29, 0.717) is 6.61 Å². The molecule has 2 aromatic carbocycles. The van der Waals surface area contributed by atoms with Crippen molar-refractivity contribution in [3.05, 3.63) is 54.1 Å². The van der Waals surface area contributed by atoms with E-state index >= 15 is 0 Å². The van der Waals surface area contributed by atoms with E-state index in [1.54, 1.807) is 7.11 Å². The summed E-state index contributed by atoms with van der Waals surface area (Å²) in [7, 11) is 1.62. The maximum Gasteiger partial charge on any atom is 0.128 e. The van der Waals surface area contributed by atoms with Crippen molar-refractivity contribution < 1.29 is 14.3 Å². The third-order valence-electron chi connectivity index (χ3n) is 3.26. The van der Waals surface area contributed by atoms with Gasteiger partial charge in [0.05, 0.1) is 19.8 Å². The molecule has 20 heavy (non-hydrogen) atoms. The van der Waals surface area contributed by atoms with Gasteiger partial charge in [-0.25, -0.2) is 0 Å². The van der Waals surface area contributed by atoms with E-state index in [4.69, 9.17) is 14.3 Å². The fourth-order valence-electron chi connectivity index (χ4n) is 2.33. The lowest BCUT2D eigenvalue weighted by molar-refractivity contribution is 0.0462. The summed E-state index contributed by atoms with van der Waals surface area (Å²) in [6.45, 7) is 0.687. The van der Waals surface area contributed by atoms with Crippen LogP contribution in [0.4, 0.5) is 0 Å². The summed E-state index contributed by atoms with van der Waals surface area (Å²) in [4.78, 5) is 5.05. The highest BCUT2D eigenvalue weighted by Gasteiger charge is 2.22. The van der Waals surface area contributed by atoms with E-state index in [1.165, 1.54) is 0 Å². The molecule has 2 aromatic rings. The number of benzene rings is 2. The second kappa shape index (κ2) is 5.94. The first kappa shape index (κ1) is 13.0. The maximum atomic E-state index is 5.85. The van der Waals surface area contributed by atoms with Gasteiger partial charge in [0, 0.05) is 12.0 Å². The van der Waals surface area contributed by atoms with Crippen LogP contribution in [0.1, 0.15) is 18.0 Å². The van der Waals surface area contributed by atoms with Crippen molar-refractivity contribution in [2.45, 2.75) is 12.5 Å². The van der Waals surface area contributed by atoms with Gasteiger partial charge >= 0.3 is 0 Å². The van der Waals surface area contributed by atoms with Gasteiger partial charge in [-0.15, -0.1) is 0 Å². The number of hydroxylamine groups is 1. The molecule has 0 radical (unpaired) electrons. The third kappa shape index (κ3) is 2.76. The Bertz CT molecular complexity index is 571. The molecule has 0 saturated heterocycles. The molecule has 0 bridgehead atoms. The summed E-state index contributed by atoms with van der Waals surface area (Å²) in [6, 6.07) is 15.7. The van der Waals surface area contributed by atoms with Crippen molar-refractivity contribution in [2.24, 2.45) is 0 Å². The zero-order chi connectivity index (χ0) is 13.8. The van der Waals surface area contributed by atoms with Gasteiger partial charge in [-0.3, -0.25) is 0 Å². The quantitative estimate of drug-likeness (QED) is 0.864. The Hall–Kier alpha value is -2.04. The molecule has 0 saturated carbocycles. The number of hydrogen-bond donors (Lipinski definition) is 1. The highest BCUT2D eigenvalue weighted by molar-refractivity contribution is 5.44. The van der Waals surface area contributed by atoms with E-state index < -0.39 is 0 Å². The summed E-state index contributed by atoms with van der Waals surface area (Å²) >= 11 is 0. The number of fused-ring (bicyclic) bond motifs is 1. The Kier molecular flexibility index (Phi) is 3.85. The van der Waals surface area contributed by atoms with Crippen LogP contribution in [0.3, 0.4) is 0 Å². The zero-order valence-corrected chi connectivity index (χ0v) is 11.3. The predicted octanol–water partition coefficient (Wildman–Crippen LogP) is 3.45. The molecule has 0 aliphatic carbocycles. The van der Waals surface area contributed by atoms with Gasteiger partial charge in [0.1, 0.15) is 17.2 Å². The number of ether oxygens (including phenoxy) is 2. The molecule has 1 unspecified atom stereocenters. The van der Waals surface area contributed by atoms with Crippen LogP contribution in [-0.2, 0) is 4.84 Å². The van der Waals surface area contributed by atoms with Crippen LogP contribution >= 0.6 is 0 Å². The molecule has 1 aliphatic heterocycles. The fourth-order valence-corrected chi connectivity index (χ4v) is 2.33. The monoisotopic (exact) mass is 271 g/mol. The van der Waals surface area contributed by atoms with Crippen molar-refractivity contribution in [3.63, 3.8) is 0 Å². The summed E-state index contributed by atoms with van der Waals surface area (Å²) < 4.78 is 11.5. The maximum absolute atomic E-state index is 5.85. The summed E-state index contributed by atoms with van der Waals surface area (Å²) in [6.07, 6.45) is 0.871. The van der Waals surface area contributed by atoms with Gasteiger partial charge in [0.25, 0.3) is 0 Å². The highest BCUT2D eigenvalue weighted by Crippen LogP contribution is 2.35. The first-order valence-electron chi connectivity index (χ1n) is 6.65. The minimum absolute atomic E-state index is 0.128. The van der Waals surface area contributed by atoms with E-state index in [2.05, 4.69) is 5.48 Å². The van der Waals surface area contributed by atoms with Gasteiger partial charge in [-0.05, 0) is 30.3 Å².